The van der Waals surface area contributed by atoms with Crippen LogP contribution in [0.4, 0.5) is 5.69 Å². The Kier molecular flexibility index (Phi) is 3.06. The van der Waals surface area contributed by atoms with Gasteiger partial charge < -0.3 is 13.9 Å². The summed E-state index contributed by atoms with van der Waals surface area (Å²) in [4.78, 5) is 10.1. The predicted molar refractivity (Wildman–Crippen MR) is 54.7 cm³/mol. The first kappa shape index (κ1) is 10.9. The number of fused-ring (bicyclic) bond motifs is 1. The first-order valence-electron chi connectivity index (χ1n) is 4.57. The fraction of sp³-hybridized carbons (Fsp3) is 0.333. The summed E-state index contributed by atoms with van der Waals surface area (Å²) in [6, 6.07) is 4.24. The third kappa shape index (κ3) is 2.15. The molecule has 3 radical (unpaired) electrons. The van der Waals surface area contributed by atoms with E-state index in [1.54, 1.807) is 0 Å². The third-order valence-electron chi connectivity index (χ3n) is 2.13. The van der Waals surface area contributed by atoms with Gasteiger partial charge in [-0.3, -0.25) is 10.1 Å². The highest BCUT2D eigenvalue weighted by Crippen LogP contribution is 2.34. The Morgan fingerprint density at radius 1 is 1.56 bits per heavy atom. The fourth-order valence-corrected chi connectivity index (χ4v) is 1.58. The molecule has 1 aromatic rings. The molecule has 0 fully saturated rings. The van der Waals surface area contributed by atoms with Crippen molar-refractivity contribution in [2.24, 2.45) is 0 Å². The number of nitrogens with zero attached hydrogens (tertiary/aromatic N) is 1. The van der Waals surface area contributed by atoms with Crippen molar-refractivity contribution in [3.8, 4) is 11.5 Å². The van der Waals surface area contributed by atoms with E-state index in [-0.39, 0.29) is 11.8 Å². The van der Waals surface area contributed by atoms with Gasteiger partial charge in [0.1, 0.15) is 6.61 Å². The number of benzene rings is 1. The van der Waals surface area contributed by atoms with Crippen LogP contribution in [0.25, 0.3) is 0 Å². The van der Waals surface area contributed by atoms with Crippen LogP contribution in [-0.4, -0.2) is 34.7 Å². The molecule has 0 amide bonds. The Morgan fingerprint density at radius 3 is 3.06 bits per heavy atom. The topological polar surface area (TPSA) is 70.8 Å². The van der Waals surface area contributed by atoms with Crippen LogP contribution in [0, 0.1) is 10.1 Å². The lowest BCUT2D eigenvalue weighted by Crippen LogP contribution is -2.33. The predicted octanol–water partition coefficient (Wildman–Crippen LogP) is 0.835. The van der Waals surface area contributed by atoms with Crippen LogP contribution in [0.15, 0.2) is 18.2 Å². The first-order chi connectivity index (χ1) is 7.70. The average molecular weight is 238 g/mol. The molecule has 1 heterocycles. The molecule has 1 aliphatic rings. The fourth-order valence-electron chi connectivity index (χ4n) is 1.39. The van der Waals surface area contributed by atoms with E-state index in [2.05, 4.69) is 10.5 Å². The SMILES string of the molecule is O=[N+]([O-])c1ccc2c(c1)OCC(CO[Si])O2. The van der Waals surface area contributed by atoms with E-state index < -0.39 is 4.92 Å². The molecule has 0 saturated heterocycles. The molecule has 83 valence electrons. The second kappa shape index (κ2) is 4.50. The van der Waals surface area contributed by atoms with Gasteiger partial charge in [-0.15, -0.1) is 0 Å². The number of nitro groups is 1. The highest BCUT2D eigenvalue weighted by Gasteiger charge is 2.22. The van der Waals surface area contributed by atoms with Crippen molar-refractivity contribution in [2.75, 3.05) is 13.2 Å². The third-order valence-corrected chi connectivity index (χ3v) is 2.29. The second-order valence-electron chi connectivity index (χ2n) is 3.25. The van der Waals surface area contributed by atoms with E-state index in [1.165, 1.54) is 18.2 Å². The van der Waals surface area contributed by atoms with Crippen LogP contribution in [0.5, 0.6) is 11.5 Å². The zero-order valence-electron chi connectivity index (χ0n) is 8.21. The summed E-state index contributed by atoms with van der Waals surface area (Å²) in [6.45, 7) is 0.645. The monoisotopic (exact) mass is 238 g/mol. The molecule has 2 rings (SSSR count). The van der Waals surface area contributed by atoms with Crippen molar-refractivity contribution < 1.29 is 18.8 Å². The van der Waals surface area contributed by atoms with Crippen molar-refractivity contribution in [3.63, 3.8) is 0 Å². The molecular weight excluding hydrogens is 230 g/mol. The summed E-state index contributed by atoms with van der Waals surface area (Å²) in [7, 11) is 2.88. The lowest BCUT2D eigenvalue weighted by atomic mass is 10.2. The molecule has 16 heavy (non-hydrogen) atoms. The lowest BCUT2D eigenvalue weighted by molar-refractivity contribution is -0.385. The minimum atomic E-state index is -0.475. The van der Waals surface area contributed by atoms with Gasteiger partial charge >= 0.3 is 0 Å². The Bertz CT molecular complexity index is 411. The molecule has 0 N–H and O–H groups in total. The van der Waals surface area contributed by atoms with Crippen LogP contribution < -0.4 is 9.47 Å². The number of nitro benzene ring substituents is 1. The van der Waals surface area contributed by atoms with Gasteiger partial charge in [-0.25, -0.2) is 0 Å². The van der Waals surface area contributed by atoms with E-state index in [0.29, 0.717) is 24.7 Å². The van der Waals surface area contributed by atoms with E-state index in [9.17, 15) is 10.1 Å². The van der Waals surface area contributed by atoms with Gasteiger partial charge in [-0.1, -0.05) is 0 Å². The van der Waals surface area contributed by atoms with Gasteiger partial charge in [0.25, 0.3) is 5.69 Å². The molecule has 0 saturated carbocycles. The number of non-ortho nitro benzene ring substituents is 1. The summed E-state index contributed by atoms with van der Waals surface area (Å²) in [6.07, 6.45) is -0.216. The largest absolute Gasteiger partial charge is 0.485 e. The Balaban J connectivity index is 2.19. The molecule has 0 aromatic heterocycles. The molecule has 1 aromatic carbocycles. The second-order valence-corrected chi connectivity index (χ2v) is 3.54. The molecule has 7 heteroatoms. The lowest BCUT2D eigenvalue weighted by Gasteiger charge is -2.25. The quantitative estimate of drug-likeness (QED) is 0.443. The highest BCUT2D eigenvalue weighted by molar-refractivity contribution is 5.97. The molecule has 0 aliphatic carbocycles. The summed E-state index contributed by atoms with van der Waals surface area (Å²) >= 11 is 0. The normalized spacial score (nSPS) is 18.2. The van der Waals surface area contributed by atoms with Crippen molar-refractivity contribution in [1.29, 1.82) is 0 Å². The minimum Gasteiger partial charge on any atom is -0.485 e. The van der Waals surface area contributed by atoms with Gasteiger partial charge in [0.2, 0.25) is 10.5 Å². The van der Waals surface area contributed by atoms with Crippen molar-refractivity contribution in [1.82, 2.24) is 0 Å². The molecule has 6 nitrogen and oxygen atoms in total. The van der Waals surface area contributed by atoms with Crippen molar-refractivity contribution in [2.45, 2.75) is 6.10 Å². The van der Waals surface area contributed by atoms with Crippen LogP contribution in [0.2, 0.25) is 0 Å². The van der Waals surface area contributed by atoms with Crippen LogP contribution >= 0.6 is 0 Å². The highest BCUT2D eigenvalue weighted by atomic mass is 28.2. The first-order valence-corrected chi connectivity index (χ1v) is 4.98. The number of rotatable bonds is 3. The van der Waals surface area contributed by atoms with Gasteiger partial charge in [0, 0.05) is 6.07 Å². The zero-order chi connectivity index (χ0) is 11.5. The van der Waals surface area contributed by atoms with E-state index in [0.717, 1.165) is 0 Å². The molecule has 1 atom stereocenters. The van der Waals surface area contributed by atoms with Crippen LogP contribution in [-0.2, 0) is 4.43 Å². The average Bonchev–Trinajstić information content (AvgIpc) is 2.28. The maximum absolute atomic E-state index is 10.5. The van der Waals surface area contributed by atoms with E-state index in [4.69, 9.17) is 13.9 Å². The molecule has 0 spiro atoms. The van der Waals surface area contributed by atoms with Crippen molar-refractivity contribution in [3.05, 3.63) is 28.3 Å². The van der Waals surface area contributed by atoms with Gasteiger partial charge in [0.15, 0.2) is 17.6 Å². The molecule has 1 unspecified atom stereocenters. The Hall–Kier alpha value is -1.60. The van der Waals surface area contributed by atoms with Gasteiger partial charge in [-0.05, 0) is 6.07 Å². The summed E-state index contributed by atoms with van der Waals surface area (Å²) in [5.74, 6) is 0.880. The maximum atomic E-state index is 10.5. The van der Waals surface area contributed by atoms with E-state index in [1.807, 2.05) is 0 Å². The standard InChI is InChI=1S/C9H8NO5Si/c11-10(12)6-1-2-8-9(3-6)13-4-7(15-8)5-14-16/h1-3,7H,4-5H2. The Labute approximate surface area is 94.8 Å². The number of hydrogen-bond donors (Lipinski definition) is 0. The van der Waals surface area contributed by atoms with E-state index >= 15 is 0 Å². The zero-order valence-corrected chi connectivity index (χ0v) is 9.21. The molecule has 1 aliphatic heterocycles. The molecular formula is C9H8NO5Si. The molecule has 0 bridgehead atoms. The van der Waals surface area contributed by atoms with Crippen LogP contribution in [0.1, 0.15) is 0 Å². The smallest absolute Gasteiger partial charge is 0.273 e. The summed E-state index contributed by atoms with van der Waals surface area (Å²) in [5.41, 5.74) is -0.0165. The van der Waals surface area contributed by atoms with Gasteiger partial charge in [0.05, 0.1) is 17.6 Å². The van der Waals surface area contributed by atoms with Crippen molar-refractivity contribution >= 4 is 16.2 Å². The Morgan fingerprint density at radius 2 is 2.38 bits per heavy atom. The maximum Gasteiger partial charge on any atom is 0.273 e. The van der Waals surface area contributed by atoms with Crippen LogP contribution in [0.3, 0.4) is 0 Å². The number of ether oxygens (including phenoxy) is 2. The van der Waals surface area contributed by atoms with Gasteiger partial charge in [-0.2, -0.15) is 0 Å². The summed E-state index contributed by atoms with van der Waals surface area (Å²) in [5, 5.41) is 10.5. The minimum absolute atomic E-state index is 0.0165. The summed E-state index contributed by atoms with van der Waals surface area (Å²) < 4.78 is 15.6. The number of hydrogen-bond acceptors (Lipinski definition) is 5.